The second-order valence-electron chi connectivity index (χ2n) is 4.35. The van der Waals surface area contributed by atoms with Crippen LogP contribution in [0.15, 0.2) is 24.5 Å². The largest absolute Gasteiger partial charge is 0.466 e. The predicted molar refractivity (Wildman–Crippen MR) is 77.1 cm³/mol. The van der Waals surface area contributed by atoms with Crippen LogP contribution in [0.5, 0.6) is 0 Å². The number of carbonyl (C=O) groups excluding carboxylic acids is 1. The minimum absolute atomic E-state index is 0.0768. The minimum atomic E-state index is -4.59. The first-order valence-corrected chi connectivity index (χ1v) is 6.63. The van der Waals surface area contributed by atoms with E-state index >= 15 is 0 Å². The highest BCUT2D eigenvalue weighted by Gasteiger charge is 2.32. The van der Waals surface area contributed by atoms with E-state index in [4.69, 9.17) is 16.9 Å². The number of hydrogen-bond acceptors (Lipinski definition) is 5. The van der Waals surface area contributed by atoms with Crippen molar-refractivity contribution in [2.75, 3.05) is 7.11 Å². The molecule has 0 N–H and O–H groups in total. The maximum Gasteiger partial charge on any atom is 0.417 e. The van der Waals surface area contributed by atoms with Crippen molar-refractivity contribution in [3.63, 3.8) is 0 Å². The summed E-state index contributed by atoms with van der Waals surface area (Å²) >= 11 is 5.86. The van der Waals surface area contributed by atoms with E-state index in [-0.39, 0.29) is 22.1 Å². The maximum absolute atomic E-state index is 12.7. The number of halogens is 4. The van der Waals surface area contributed by atoms with E-state index in [0.29, 0.717) is 12.3 Å². The predicted octanol–water partition coefficient (Wildman–Crippen LogP) is 3.00. The molecule has 0 spiro atoms. The minimum Gasteiger partial charge on any atom is -0.466 e. The lowest BCUT2D eigenvalue weighted by Gasteiger charge is -2.10. The molecule has 0 fully saturated rings. The first kappa shape index (κ1) is 17.5. The molecule has 0 aliphatic rings. The van der Waals surface area contributed by atoms with Crippen LogP contribution in [0.4, 0.5) is 13.2 Å². The Morgan fingerprint density at radius 1 is 1.46 bits per heavy atom. The fraction of sp³-hybridized carbons (Fsp3) is 0.143. The van der Waals surface area contributed by atoms with Crippen LogP contribution >= 0.6 is 11.6 Å². The van der Waals surface area contributed by atoms with Crippen LogP contribution in [0, 0.1) is 11.3 Å². The Bertz CT molecular complexity index is 853. The molecule has 2 aromatic heterocycles. The summed E-state index contributed by atoms with van der Waals surface area (Å²) in [5.74, 6) is -0.797. The molecule has 0 bridgehead atoms. The number of nitrogens with zero attached hydrogens (tertiary/aromatic N) is 4. The zero-order valence-electron chi connectivity index (χ0n) is 12.0. The standard InChI is InChI=1S/C14H8ClF3N4O2/c1-24-12(23)3-2-11-8(5-19)6-21-22(11)13-10(15)4-9(7-20-13)14(16,17)18/h2-4,6-7H,1H3. The summed E-state index contributed by atoms with van der Waals surface area (Å²) in [6, 6.07) is 2.54. The molecule has 124 valence electrons. The average molecular weight is 357 g/mol. The Morgan fingerprint density at radius 3 is 2.71 bits per heavy atom. The molecule has 6 nitrogen and oxygen atoms in total. The molecule has 0 aliphatic carbocycles. The lowest BCUT2D eigenvalue weighted by molar-refractivity contribution is -0.138. The number of ether oxygens (including phenoxy) is 1. The number of methoxy groups -OCH3 is 1. The SMILES string of the molecule is COC(=O)C=Cc1c(C#N)cnn1-c1ncc(C(F)(F)F)cc1Cl. The molecule has 24 heavy (non-hydrogen) atoms. The van der Waals surface area contributed by atoms with Crippen molar-refractivity contribution in [3.05, 3.63) is 46.4 Å². The monoisotopic (exact) mass is 356 g/mol. The number of aromatic nitrogens is 3. The van der Waals surface area contributed by atoms with Crippen molar-refractivity contribution in [3.8, 4) is 11.9 Å². The van der Waals surface area contributed by atoms with E-state index in [1.165, 1.54) is 19.4 Å². The molecule has 2 heterocycles. The van der Waals surface area contributed by atoms with E-state index in [1.54, 1.807) is 0 Å². The molecule has 0 aromatic carbocycles. The third kappa shape index (κ3) is 3.55. The second-order valence-corrected chi connectivity index (χ2v) is 4.76. The third-order valence-electron chi connectivity index (χ3n) is 2.86. The van der Waals surface area contributed by atoms with Crippen molar-refractivity contribution in [1.82, 2.24) is 14.8 Å². The Kier molecular flexibility index (Phi) is 4.90. The molecule has 0 atom stereocenters. The van der Waals surface area contributed by atoms with Crippen LogP contribution in [0.2, 0.25) is 5.02 Å². The highest BCUT2D eigenvalue weighted by Crippen LogP contribution is 2.32. The van der Waals surface area contributed by atoms with Gasteiger partial charge in [0.2, 0.25) is 0 Å². The van der Waals surface area contributed by atoms with E-state index in [1.807, 2.05) is 6.07 Å². The lowest BCUT2D eigenvalue weighted by Crippen LogP contribution is -2.09. The first-order chi connectivity index (χ1) is 11.3. The van der Waals surface area contributed by atoms with Crippen molar-refractivity contribution in [2.24, 2.45) is 0 Å². The average Bonchev–Trinajstić information content (AvgIpc) is 2.94. The van der Waals surface area contributed by atoms with Crippen LogP contribution in [0.25, 0.3) is 11.9 Å². The van der Waals surface area contributed by atoms with Gasteiger partial charge in [-0.25, -0.2) is 14.5 Å². The van der Waals surface area contributed by atoms with Crippen LogP contribution in [-0.2, 0) is 15.7 Å². The van der Waals surface area contributed by atoms with Crippen molar-refractivity contribution in [2.45, 2.75) is 6.18 Å². The number of alkyl halides is 3. The van der Waals surface area contributed by atoms with Crippen LogP contribution in [0.1, 0.15) is 16.8 Å². The highest BCUT2D eigenvalue weighted by atomic mass is 35.5. The van der Waals surface area contributed by atoms with Crippen LogP contribution < -0.4 is 0 Å². The molecule has 0 saturated heterocycles. The van der Waals surface area contributed by atoms with Gasteiger partial charge in [-0.3, -0.25) is 0 Å². The number of hydrogen-bond donors (Lipinski definition) is 0. The molecule has 10 heteroatoms. The number of esters is 1. The molecular formula is C14H8ClF3N4O2. The Morgan fingerprint density at radius 2 is 2.17 bits per heavy atom. The molecule has 0 unspecified atom stereocenters. The second kappa shape index (κ2) is 6.72. The Labute approximate surface area is 138 Å². The molecule has 0 amide bonds. The topological polar surface area (TPSA) is 80.8 Å². The molecule has 0 radical (unpaired) electrons. The van der Waals surface area contributed by atoms with Gasteiger partial charge in [0.05, 0.1) is 35.2 Å². The normalized spacial score (nSPS) is 11.5. The summed E-state index contributed by atoms with van der Waals surface area (Å²) < 4.78 is 43.5. The summed E-state index contributed by atoms with van der Waals surface area (Å²) in [5.41, 5.74) is -0.819. The highest BCUT2D eigenvalue weighted by molar-refractivity contribution is 6.32. The van der Waals surface area contributed by atoms with Crippen molar-refractivity contribution >= 4 is 23.6 Å². The summed E-state index contributed by atoms with van der Waals surface area (Å²) in [7, 11) is 1.17. The van der Waals surface area contributed by atoms with Gasteiger partial charge in [-0.2, -0.15) is 23.5 Å². The van der Waals surface area contributed by atoms with Gasteiger partial charge in [0.15, 0.2) is 5.82 Å². The Balaban J connectivity index is 2.54. The fourth-order valence-electron chi connectivity index (χ4n) is 1.73. The van der Waals surface area contributed by atoms with E-state index < -0.39 is 17.7 Å². The van der Waals surface area contributed by atoms with Gasteiger partial charge in [0.1, 0.15) is 6.07 Å². The third-order valence-corrected chi connectivity index (χ3v) is 3.13. The number of pyridine rings is 1. The van der Waals surface area contributed by atoms with Crippen LogP contribution in [0.3, 0.4) is 0 Å². The van der Waals surface area contributed by atoms with Gasteiger partial charge in [0.25, 0.3) is 0 Å². The Hall–Kier alpha value is -2.86. The number of rotatable bonds is 3. The van der Waals surface area contributed by atoms with Gasteiger partial charge >= 0.3 is 12.1 Å². The summed E-state index contributed by atoms with van der Waals surface area (Å²) in [6.45, 7) is 0. The first-order valence-electron chi connectivity index (χ1n) is 6.25. The smallest absolute Gasteiger partial charge is 0.417 e. The number of nitriles is 1. The molecule has 0 saturated carbocycles. The van der Waals surface area contributed by atoms with Gasteiger partial charge in [0, 0.05) is 12.3 Å². The van der Waals surface area contributed by atoms with Crippen LogP contribution in [-0.4, -0.2) is 27.8 Å². The van der Waals surface area contributed by atoms with E-state index in [9.17, 15) is 18.0 Å². The maximum atomic E-state index is 12.7. The molecule has 2 aromatic rings. The summed E-state index contributed by atoms with van der Waals surface area (Å²) in [4.78, 5) is 14.8. The van der Waals surface area contributed by atoms with Gasteiger partial charge in [-0.05, 0) is 12.1 Å². The summed E-state index contributed by atoms with van der Waals surface area (Å²) in [6.07, 6.45) is -0.556. The summed E-state index contributed by atoms with van der Waals surface area (Å²) in [5, 5.41) is 12.6. The van der Waals surface area contributed by atoms with Gasteiger partial charge < -0.3 is 4.74 Å². The zero-order chi connectivity index (χ0) is 17.9. The zero-order valence-corrected chi connectivity index (χ0v) is 12.8. The molecular weight excluding hydrogens is 349 g/mol. The molecule has 2 rings (SSSR count). The molecule has 0 aliphatic heterocycles. The number of carbonyl (C=O) groups is 1. The van der Waals surface area contributed by atoms with Gasteiger partial charge in [-0.15, -0.1) is 0 Å². The van der Waals surface area contributed by atoms with Crippen molar-refractivity contribution < 1.29 is 22.7 Å². The fourth-order valence-corrected chi connectivity index (χ4v) is 1.98. The van der Waals surface area contributed by atoms with E-state index in [0.717, 1.165) is 10.8 Å². The van der Waals surface area contributed by atoms with Crippen molar-refractivity contribution in [1.29, 1.82) is 5.26 Å². The lowest BCUT2D eigenvalue weighted by atomic mass is 10.2. The van der Waals surface area contributed by atoms with Gasteiger partial charge in [-0.1, -0.05) is 11.6 Å². The van der Waals surface area contributed by atoms with E-state index in [2.05, 4.69) is 14.8 Å². The quantitative estimate of drug-likeness (QED) is 0.624.